The van der Waals surface area contributed by atoms with Crippen LogP contribution in [-0.4, -0.2) is 41.5 Å². The third-order valence-electron chi connectivity index (χ3n) is 4.64. The van der Waals surface area contributed by atoms with Crippen LogP contribution in [0.3, 0.4) is 0 Å². The molecule has 0 radical (unpaired) electrons. The topological polar surface area (TPSA) is 69.6 Å². The number of nitrogens with zero attached hydrogens (tertiary/aromatic N) is 1. The summed E-state index contributed by atoms with van der Waals surface area (Å²) in [4.78, 5) is 25.3. The lowest BCUT2D eigenvalue weighted by Crippen LogP contribution is -2.31. The predicted molar refractivity (Wildman–Crippen MR) is 79.2 cm³/mol. The lowest BCUT2D eigenvalue weighted by Gasteiger charge is -2.18. The van der Waals surface area contributed by atoms with E-state index in [1.165, 1.54) is 5.56 Å². The number of carbonyl (C=O) groups excluding carboxylic acids is 1. The third-order valence-corrected chi connectivity index (χ3v) is 4.64. The smallest absolute Gasteiger partial charge is 0.308 e. The fraction of sp³-hybridized carbons (Fsp3) is 0.500. The fourth-order valence-corrected chi connectivity index (χ4v) is 3.37. The highest BCUT2D eigenvalue weighted by Crippen LogP contribution is 2.34. The Morgan fingerprint density at radius 2 is 2.10 bits per heavy atom. The number of aliphatic carboxylic acids is 1. The number of nitrogens with one attached hydrogen (secondary N) is 1. The van der Waals surface area contributed by atoms with E-state index < -0.39 is 11.9 Å². The number of hydrogen-bond acceptors (Lipinski definition) is 3. The Hall–Kier alpha value is -2.04. The molecule has 21 heavy (non-hydrogen) atoms. The average molecular weight is 288 g/mol. The van der Waals surface area contributed by atoms with Crippen molar-refractivity contribution < 1.29 is 14.7 Å². The molecule has 3 rings (SSSR count). The summed E-state index contributed by atoms with van der Waals surface area (Å²) in [6.07, 6.45) is 0.447. The lowest BCUT2D eigenvalue weighted by molar-refractivity contribution is -0.142. The molecule has 2 aliphatic rings. The molecule has 5 nitrogen and oxygen atoms in total. The van der Waals surface area contributed by atoms with Crippen molar-refractivity contribution in [1.29, 1.82) is 0 Å². The number of likely N-dealkylation sites (tertiary alicyclic amines) is 1. The maximum Gasteiger partial charge on any atom is 0.308 e. The average Bonchev–Trinajstić information content (AvgIpc) is 3.03. The van der Waals surface area contributed by atoms with E-state index in [9.17, 15) is 9.59 Å². The van der Waals surface area contributed by atoms with Gasteiger partial charge in [0, 0.05) is 37.7 Å². The summed E-state index contributed by atoms with van der Waals surface area (Å²) in [5.74, 6) is -0.948. The summed E-state index contributed by atoms with van der Waals surface area (Å²) < 4.78 is 0. The van der Waals surface area contributed by atoms with Gasteiger partial charge >= 0.3 is 5.97 Å². The molecule has 1 aromatic carbocycles. The van der Waals surface area contributed by atoms with E-state index >= 15 is 0 Å². The molecule has 0 bridgehead atoms. The standard InChI is InChI=1S/C16H20N2O3/c1-10-8-18(9-13(10)16(20)21)15(19)6-11-7-17-14-5-3-2-4-12(11)14/h2-5,10-11,13,17H,6-9H2,1H3,(H,20,21)/t10-,11?,13-/m1/s1. The Morgan fingerprint density at radius 1 is 1.33 bits per heavy atom. The van der Waals surface area contributed by atoms with Crippen LogP contribution in [0.5, 0.6) is 0 Å². The normalized spacial score (nSPS) is 27.3. The van der Waals surface area contributed by atoms with Gasteiger partial charge in [-0.25, -0.2) is 0 Å². The Morgan fingerprint density at radius 3 is 2.81 bits per heavy atom. The second-order valence-corrected chi connectivity index (χ2v) is 6.09. The summed E-state index contributed by atoms with van der Waals surface area (Å²) in [7, 11) is 0. The van der Waals surface area contributed by atoms with Gasteiger partial charge in [0.25, 0.3) is 0 Å². The van der Waals surface area contributed by atoms with Gasteiger partial charge in [-0.1, -0.05) is 25.1 Å². The van der Waals surface area contributed by atoms with Crippen molar-refractivity contribution >= 4 is 17.6 Å². The summed E-state index contributed by atoms with van der Waals surface area (Å²) in [6.45, 7) is 3.57. The molecule has 1 amide bonds. The molecule has 2 aliphatic heterocycles. The van der Waals surface area contributed by atoms with Crippen molar-refractivity contribution in [2.75, 3.05) is 25.0 Å². The van der Waals surface area contributed by atoms with Gasteiger partial charge in [0.2, 0.25) is 5.91 Å². The van der Waals surface area contributed by atoms with Gasteiger partial charge in [-0.15, -0.1) is 0 Å². The molecule has 0 spiro atoms. The van der Waals surface area contributed by atoms with Crippen molar-refractivity contribution in [2.24, 2.45) is 11.8 Å². The van der Waals surface area contributed by atoms with Crippen LogP contribution in [-0.2, 0) is 9.59 Å². The second-order valence-electron chi connectivity index (χ2n) is 6.09. The van der Waals surface area contributed by atoms with Gasteiger partial charge in [-0.3, -0.25) is 9.59 Å². The van der Waals surface area contributed by atoms with Crippen LogP contribution in [0.1, 0.15) is 24.8 Å². The minimum atomic E-state index is -0.800. The molecular formula is C16H20N2O3. The second kappa shape index (κ2) is 5.39. The first-order valence-corrected chi connectivity index (χ1v) is 7.39. The first kappa shape index (κ1) is 13.9. The minimum absolute atomic E-state index is 0.0282. The van der Waals surface area contributed by atoms with E-state index in [0.29, 0.717) is 19.5 Å². The Kier molecular flexibility index (Phi) is 3.57. The van der Waals surface area contributed by atoms with Gasteiger partial charge in [0.15, 0.2) is 0 Å². The first-order valence-electron chi connectivity index (χ1n) is 7.39. The van der Waals surface area contributed by atoms with E-state index in [1.54, 1.807) is 4.90 Å². The third kappa shape index (κ3) is 2.60. The highest BCUT2D eigenvalue weighted by Gasteiger charge is 2.37. The first-order chi connectivity index (χ1) is 10.1. The Balaban J connectivity index is 1.65. The van der Waals surface area contributed by atoms with Crippen LogP contribution >= 0.6 is 0 Å². The van der Waals surface area contributed by atoms with Crippen molar-refractivity contribution in [3.63, 3.8) is 0 Å². The lowest BCUT2D eigenvalue weighted by atomic mass is 9.97. The van der Waals surface area contributed by atoms with Crippen LogP contribution in [0.25, 0.3) is 0 Å². The van der Waals surface area contributed by atoms with E-state index in [4.69, 9.17) is 5.11 Å². The zero-order chi connectivity index (χ0) is 15.0. The van der Waals surface area contributed by atoms with E-state index in [-0.39, 0.29) is 17.7 Å². The van der Waals surface area contributed by atoms with Gasteiger partial charge in [-0.2, -0.15) is 0 Å². The molecule has 5 heteroatoms. The van der Waals surface area contributed by atoms with Crippen LogP contribution in [0.15, 0.2) is 24.3 Å². The van der Waals surface area contributed by atoms with Gasteiger partial charge in [0.05, 0.1) is 5.92 Å². The molecule has 1 aromatic rings. The fourth-order valence-electron chi connectivity index (χ4n) is 3.37. The van der Waals surface area contributed by atoms with Gasteiger partial charge in [0.1, 0.15) is 0 Å². The number of benzene rings is 1. The number of rotatable bonds is 3. The van der Waals surface area contributed by atoms with Crippen molar-refractivity contribution in [1.82, 2.24) is 4.90 Å². The van der Waals surface area contributed by atoms with Gasteiger partial charge in [-0.05, 0) is 17.5 Å². The van der Waals surface area contributed by atoms with Gasteiger partial charge < -0.3 is 15.3 Å². The number of amides is 1. The van der Waals surface area contributed by atoms with E-state index in [1.807, 2.05) is 25.1 Å². The number of carbonyl (C=O) groups is 2. The molecule has 2 heterocycles. The molecule has 0 aliphatic carbocycles. The van der Waals surface area contributed by atoms with E-state index in [0.717, 1.165) is 12.2 Å². The monoisotopic (exact) mass is 288 g/mol. The van der Waals surface area contributed by atoms with Crippen LogP contribution in [0, 0.1) is 11.8 Å². The number of anilines is 1. The molecule has 1 unspecified atom stereocenters. The number of carboxylic acid groups (broad SMARTS) is 1. The zero-order valence-corrected chi connectivity index (χ0v) is 12.1. The molecule has 1 saturated heterocycles. The maximum atomic E-state index is 12.4. The predicted octanol–water partition coefficient (Wildman–Crippen LogP) is 1.76. The summed E-state index contributed by atoms with van der Waals surface area (Å²) in [5, 5.41) is 12.5. The van der Waals surface area contributed by atoms with Crippen LogP contribution < -0.4 is 5.32 Å². The summed E-state index contributed by atoms with van der Waals surface area (Å²) >= 11 is 0. The van der Waals surface area contributed by atoms with E-state index in [2.05, 4.69) is 11.4 Å². The summed E-state index contributed by atoms with van der Waals surface area (Å²) in [6, 6.07) is 8.05. The number of hydrogen-bond donors (Lipinski definition) is 2. The molecular weight excluding hydrogens is 268 g/mol. The van der Waals surface area contributed by atoms with Crippen LogP contribution in [0.2, 0.25) is 0 Å². The van der Waals surface area contributed by atoms with Crippen LogP contribution in [0.4, 0.5) is 5.69 Å². The highest BCUT2D eigenvalue weighted by atomic mass is 16.4. The minimum Gasteiger partial charge on any atom is -0.481 e. The highest BCUT2D eigenvalue weighted by molar-refractivity contribution is 5.80. The summed E-state index contributed by atoms with van der Waals surface area (Å²) in [5.41, 5.74) is 2.29. The molecule has 2 N–H and O–H groups in total. The molecule has 1 fully saturated rings. The van der Waals surface area contributed by atoms with Crippen molar-refractivity contribution in [3.8, 4) is 0 Å². The maximum absolute atomic E-state index is 12.4. The Bertz CT molecular complexity index is 572. The zero-order valence-electron chi connectivity index (χ0n) is 12.1. The Labute approximate surface area is 123 Å². The quantitative estimate of drug-likeness (QED) is 0.889. The molecule has 0 aromatic heterocycles. The number of fused-ring (bicyclic) bond motifs is 1. The van der Waals surface area contributed by atoms with Crippen molar-refractivity contribution in [2.45, 2.75) is 19.3 Å². The molecule has 112 valence electrons. The number of para-hydroxylation sites is 1. The SMILES string of the molecule is C[C@@H]1CN(C(=O)CC2CNc3ccccc32)C[C@H]1C(=O)O. The number of carboxylic acids is 1. The molecule has 3 atom stereocenters. The van der Waals surface area contributed by atoms with Crippen molar-refractivity contribution in [3.05, 3.63) is 29.8 Å². The largest absolute Gasteiger partial charge is 0.481 e. The molecule has 0 saturated carbocycles.